The summed E-state index contributed by atoms with van der Waals surface area (Å²) in [6.07, 6.45) is 16.9. The maximum absolute atomic E-state index is 6.08. The molecule has 0 atom stereocenters. The van der Waals surface area contributed by atoms with Crippen LogP contribution in [0.2, 0.25) is 6.04 Å². The summed E-state index contributed by atoms with van der Waals surface area (Å²) in [4.78, 5) is 0. The maximum Gasteiger partial charge on any atom is 0.500 e. The minimum Gasteiger partial charge on any atom is -0.379 e. The number of hydrogen-bond donors (Lipinski definition) is 0. The highest BCUT2D eigenvalue weighted by molar-refractivity contribution is 6.60. The first kappa shape index (κ1) is 36.0. The predicted molar refractivity (Wildman–Crippen MR) is 141 cm³/mol. The molecule has 0 spiro atoms. The zero-order chi connectivity index (χ0) is 22.9. The monoisotopic (exact) mass is 500 g/mol. The van der Waals surface area contributed by atoms with Gasteiger partial charge in [-0.2, -0.15) is 0 Å². The number of hydrogen-bond acceptors (Lipinski definition) is 6. The topological polar surface area (TPSA) is 55.4 Å². The molecule has 0 aliphatic rings. The van der Waals surface area contributed by atoms with Gasteiger partial charge in [0.25, 0.3) is 0 Å². The molecule has 0 aromatic carbocycles. The van der Waals surface area contributed by atoms with Gasteiger partial charge in [0.1, 0.15) is 0 Å². The van der Waals surface area contributed by atoms with Crippen LogP contribution in [0, 0.1) is 0 Å². The second-order valence-electron chi connectivity index (χ2n) is 7.57. The molecule has 0 unspecified atom stereocenters. The first-order chi connectivity index (χ1) is 14.6. The normalized spacial score (nSPS) is 11.2. The molecule has 0 fully saturated rings. The molecule has 0 saturated heterocycles. The van der Waals surface area contributed by atoms with Crippen LogP contribution >= 0.6 is 0 Å². The van der Waals surface area contributed by atoms with Crippen molar-refractivity contribution < 1.29 is 26.6 Å². The Balaban J connectivity index is -0.000000840. The molecule has 0 heterocycles. The van der Waals surface area contributed by atoms with Gasteiger partial charge in [-0.25, -0.2) is 0 Å². The van der Waals surface area contributed by atoms with E-state index in [2.05, 4.69) is 13.8 Å². The predicted octanol–water partition coefficient (Wildman–Crippen LogP) is 4.54. The Morgan fingerprint density at radius 1 is 0.548 bits per heavy atom. The molecule has 0 aromatic rings. The lowest BCUT2D eigenvalue weighted by atomic mass is 10.1. The average molecular weight is 501 g/mol. The molecule has 0 saturated carbocycles. The Morgan fingerprint density at radius 2 is 0.935 bits per heavy atom. The molecule has 9 heteroatoms. The minimum atomic E-state index is -2.39. The second-order valence-corrected chi connectivity index (χ2v) is 12.5. The average Bonchev–Trinajstić information content (AvgIpc) is 2.78. The lowest BCUT2D eigenvalue weighted by Gasteiger charge is -2.26. The van der Waals surface area contributed by atoms with Crippen molar-refractivity contribution in [2.24, 2.45) is 0 Å². The molecular formula is C22H56O6Si3. The summed E-state index contributed by atoms with van der Waals surface area (Å²) in [6, 6.07) is 0.961. The summed E-state index contributed by atoms with van der Waals surface area (Å²) in [5.41, 5.74) is 0. The third-order valence-electron chi connectivity index (χ3n) is 5.11. The Labute approximate surface area is 201 Å². The Hall–Kier alpha value is 0.411. The van der Waals surface area contributed by atoms with E-state index in [1.54, 1.807) is 35.5 Å². The van der Waals surface area contributed by atoms with Crippen molar-refractivity contribution in [3.8, 4) is 0 Å². The molecule has 0 bridgehead atoms. The summed E-state index contributed by atoms with van der Waals surface area (Å²) in [7, 11) is 4.15. The van der Waals surface area contributed by atoms with E-state index in [9.17, 15) is 0 Å². The van der Waals surface area contributed by atoms with E-state index in [1.807, 2.05) is 0 Å². The molecular weight excluding hydrogens is 444 g/mol. The van der Waals surface area contributed by atoms with E-state index in [-0.39, 0.29) is 11.0 Å². The molecule has 0 aliphatic heterocycles. The van der Waals surface area contributed by atoms with Gasteiger partial charge in [0.15, 0.2) is 0 Å². The fourth-order valence-electron chi connectivity index (χ4n) is 3.17. The van der Waals surface area contributed by atoms with Crippen molar-refractivity contribution >= 4 is 29.3 Å². The van der Waals surface area contributed by atoms with Gasteiger partial charge in [0.05, 0.1) is 0 Å². The molecule has 0 amide bonds. The van der Waals surface area contributed by atoms with Crippen LogP contribution in [0.3, 0.4) is 0 Å². The van der Waals surface area contributed by atoms with Gasteiger partial charge >= 0.3 is 18.3 Å². The highest BCUT2D eigenvalue weighted by Crippen LogP contribution is 2.20. The van der Waals surface area contributed by atoms with Crippen molar-refractivity contribution in [3.05, 3.63) is 0 Å². The van der Waals surface area contributed by atoms with Crippen LogP contribution < -0.4 is 0 Å². The van der Waals surface area contributed by atoms with Crippen LogP contribution in [0.15, 0.2) is 0 Å². The summed E-state index contributed by atoms with van der Waals surface area (Å²) >= 11 is 0. The molecule has 31 heavy (non-hydrogen) atoms. The zero-order valence-electron chi connectivity index (χ0n) is 21.1. The second kappa shape index (κ2) is 28.4. The van der Waals surface area contributed by atoms with E-state index in [1.165, 1.54) is 70.6 Å². The van der Waals surface area contributed by atoms with Gasteiger partial charge < -0.3 is 26.6 Å². The van der Waals surface area contributed by atoms with Crippen LogP contribution in [-0.4, -0.2) is 71.5 Å². The Morgan fingerprint density at radius 3 is 1.29 bits per heavy atom. The molecule has 6 nitrogen and oxygen atoms in total. The smallest absolute Gasteiger partial charge is 0.379 e. The lowest BCUT2D eigenvalue weighted by Crippen LogP contribution is -2.44. The minimum absolute atomic E-state index is 0. The van der Waals surface area contributed by atoms with Crippen molar-refractivity contribution in [3.63, 3.8) is 0 Å². The van der Waals surface area contributed by atoms with E-state index < -0.39 is 18.3 Å². The molecule has 0 radical (unpaired) electrons. The van der Waals surface area contributed by atoms with Gasteiger partial charge in [0.2, 0.25) is 0 Å². The van der Waals surface area contributed by atoms with Gasteiger partial charge in [0, 0.05) is 48.2 Å². The largest absolute Gasteiger partial charge is 0.500 e. The van der Waals surface area contributed by atoms with E-state index >= 15 is 0 Å². The van der Waals surface area contributed by atoms with Gasteiger partial charge in [-0.05, 0) is 23.8 Å². The Bertz CT molecular complexity index is 314. The third-order valence-corrected chi connectivity index (χ3v) is 9.11. The molecule has 0 N–H and O–H groups in total. The summed E-state index contributed by atoms with van der Waals surface area (Å²) in [5.74, 6) is 0. The molecule has 0 aliphatic carbocycles. The van der Waals surface area contributed by atoms with Crippen molar-refractivity contribution in [2.45, 2.75) is 103 Å². The van der Waals surface area contributed by atoms with Crippen LogP contribution in [0.4, 0.5) is 0 Å². The van der Waals surface area contributed by atoms with Crippen molar-refractivity contribution in [1.82, 2.24) is 0 Å². The molecule has 192 valence electrons. The number of rotatable bonds is 21. The zero-order valence-corrected chi connectivity index (χ0v) is 23.3. The quantitative estimate of drug-likeness (QED) is 0.170. The standard InChI is InChI=1S/C19H42O3Si.C3H10O3Si.H4Si/c1-5-7-9-11-13-14-16-18-22-23(20-3,21-4)19-17-15-12-10-8-6-2;1-4-7(5-2)6-3;/h5-19H2,1-4H3;7H,1-3H3;1H4. The molecule has 0 aromatic heterocycles. The van der Waals surface area contributed by atoms with Crippen LogP contribution in [0.5, 0.6) is 0 Å². The highest BCUT2D eigenvalue weighted by Gasteiger charge is 2.37. The van der Waals surface area contributed by atoms with E-state index in [0.717, 1.165) is 25.5 Å². The van der Waals surface area contributed by atoms with Crippen LogP contribution in [0.1, 0.15) is 97.3 Å². The van der Waals surface area contributed by atoms with Gasteiger partial charge in [-0.3, -0.25) is 0 Å². The molecule has 0 rings (SSSR count). The summed E-state index contributed by atoms with van der Waals surface area (Å²) in [6.45, 7) is 5.31. The van der Waals surface area contributed by atoms with Crippen molar-refractivity contribution in [1.29, 1.82) is 0 Å². The first-order valence-electron chi connectivity index (χ1n) is 11.9. The summed E-state index contributed by atoms with van der Waals surface area (Å²) in [5, 5.41) is 0. The fraction of sp³-hybridized carbons (Fsp3) is 1.00. The van der Waals surface area contributed by atoms with Crippen LogP contribution in [-0.2, 0) is 26.6 Å². The fourth-order valence-corrected chi connectivity index (χ4v) is 5.85. The van der Waals surface area contributed by atoms with Gasteiger partial charge in [-0.1, -0.05) is 84.5 Å². The SMILES string of the molecule is CCCCCCCCCO[Si](CCCCCCCC)(OC)OC.CO[SiH](OC)OC.[SiH4]. The van der Waals surface area contributed by atoms with Gasteiger partial charge in [-0.15, -0.1) is 0 Å². The third kappa shape index (κ3) is 23.4. The Kier molecular flexibility index (Phi) is 33.0. The van der Waals surface area contributed by atoms with E-state index in [4.69, 9.17) is 26.6 Å². The van der Waals surface area contributed by atoms with Crippen LogP contribution in [0.25, 0.3) is 0 Å². The van der Waals surface area contributed by atoms with Crippen molar-refractivity contribution in [2.75, 3.05) is 42.2 Å². The summed E-state index contributed by atoms with van der Waals surface area (Å²) < 4.78 is 31.6. The first-order valence-corrected chi connectivity index (χ1v) is 15.3. The highest BCUT2D eigenvalue weighted by atomic mass is 28.4. The van der Waals surface area contributed by atoms with E-state index in [0.29, 0.717) is 0 Å². The lowest BCUT2D eigenvalue weighted by molar-refractivity contribution is 0.0955. The maximum atomic E-state index is 6.08. The number of unbranched alkanes of at least 4 members (excludes halogenated alkanes) is 11.